The van der Waals surface area contributed by atoms with Gasteiger partial charge in [0, 0.05) is 58.1 Å². The Hall–Kier alpha value is -8.65. The van der Waals surface area contributed by atoms with Crippen LogP contribution in [0.2, 0.25) is 0 Å². The van der Waals surface area contributed by atoms with Gasteiger partial charge in [-0.05, 0) is 100 Å². The van der Waals surface area contributed by atoms with Crippen molar-refractivity contribution in [1.82, 2.24) is 24.1 Å². The summed E-state index contributed by atoms with van der Waals surface area (Å²) in [5.41, 5.74) is 8.34. The van der Waals surface area contributed by atoms with Crippen molar-refractivity contribution in [3.63, 3.8) is 0 Å². The summed E-state index contributed by atoms with van der Waals surface area (Å²) in [5, 5.41) is 13.7. The molecular weight excluding hydrogens is 827 g/mol. The van der Waals surface area contributed by atoms with Crippen LogP contribution < -0.4 is 0 Å². The maximum absolute atomic E-state index is 7.03. The van der Waals surface area contributed by atoms with Gasteiger partial charge in [0.2, 0.25) is 5.95 Å². The van der Waals surface area contributed by atoms with E-state index in [9.17, 15) is 0 Å². The first-order chi connectivity index (χ1) is 32.7. The Morgan fingerprint density at radius 1 is 0.364 bits per heavy atom. The molecule has 0 saturated heterocycles. The zero-order valence-electron chi connectivity index (χ0n) is 35.1. The second kappa shape index (κ2) is 13.4. The summed E-state index contributed by atoms with van der Waals surface area (Å²) in [5.74, 6) is 1.62. The first-order valence-corrected chi connectivity index (χ1v) is 23.0. The Balaban J connectivity index is 1.11. The molecule has 10 aromatic carbocycles. The lowest BCUT2D eigenvalue weighted by atomic mass is 10.0. The molecule has 0 saturated carbocycles. The average molecular weight is 860 g/mol. The van der Waals surface area contributed by atoms with Gasteiger partial charge in [0.1, 0.15) is 11.2 Å². The summed E-state index contributed by atoms with van der Waals surface area (Å²) < 4.78 is 14.1. The van der Waals surface area contributed by atoms with Crippen molar-refractivity contribution in [2.75, 3.05) is 0 Å². The van der Waals surface area contributed by atoms with Crippen molar-refractivity contribution in [3.05, 3.63) is 200 Å². The van der Waals surface area contributed by atoms with Gasteiger partial charge in [0.15, 0.2) is 11.6 Å². The maximum atomic E-state index is 7.03. The number of nitrogens with zero attached hydrogens (tertiary/aromatic N) is 5. The molecule has 0 atom stereocenters. The number of thiophene rings is 1. The Morgan fingerprint density at radius 3 is 1.62 bits per heavy atom. The SMILES string of the molecule is c1ccc2cc3c(cc2c1)c1cc2ccccc2cc1n3-c1ccc2c(oc3ccccc32)c1-c1nc(-c2ccc3sc4ccccc4c3c2)nc(-n2c3ccccc3c3ccccc32)n1. The minimum Gasteiger partial charge on any atom is -0.455 e. The molecule has 0 bridgehead atoms. The van der Waals surface area contributed by atoms with Gasteiger partial charge in [-0.1, -0.05) is 121 Å². The van der Waals surface area contributed by atoms with Gasteiger partial charge in [-0.2, -0.15) is 9.97 Å². The van der Waals surface area contributed by atoms with E-state index in [-0.39, 0.29) is 0 Å². The zero-order chi connectivity index (χ0) is 43.0. The van der Waals surface area contributed by atoms with Crippen molar-refractivity contribution < 1.29 is 4.42 Å². The van der Waals surface area contributed by atoms with Gasteiger partial charge in [0.05, 0.1) is 33.3 Å². The standard InChI is InChI=1S/C59H33N5OS/c1-3-15-36-32-50-44(29-34(36)13-1)45-30-35-14-2-4-16-37(35)33-51(45)63(50)49-27-26-43-41-19-7-11-23-52(41)65-56(43)55(49)58-60-57(38-25-28-54-46(31-38)42-20-8-12-24-53(42)66-54)61-59(62-58)64-47-21-9-5-17-39(47)40-18-6-10-22-48(40)64/h1-33H. The van der Waals surface area contributed by atoms with E-state index in [2.05, 4.69) is 197 Å². The number of hydrogen-bond acceptors (Lipinski definition) is 5. The first-order valence-electron chi connectivity index (χ1n) is 22.2. The number of hydrogen-bond donors (Lipinski definition) is 0. The minimum atomic E-state index is 0.517. The van der Waals surface area contributed by atoms with E-state index < -0.39 is 0 Å². The van der Waals surface area contributed by atoms with Gasteiger partial charge in [-0.15, -0.1) is 11.3 Å². The Labute approximate surface area is 379 Å². The van der Waals surface area contributed by atoms with Crippen LogP contribution in [0, 0.1) is 0 Å². The summed E-state index contributed by atoms with van der Waals surface area (Å²) in [6.45, 7) is 0. The molecule has 7 heteroatoms. The molecule has 0 spiro atoms. The topological polar surface area (TPSA) is 61.7 Å². The fourth-order valence-corrected chi connectivity index (χ4v) is 11.6. The second-order valence-electron chi connectivity index (χ2n) is 17.2. The van der Waals surface area contributed by atoms with E-state index in [0.717, 1.165) is 82.4 Å². The Kier molecular flexibility index (Phi) is 7.28. The lowest BCUT2D eigenvalue weighted by Crippen LogP contribution is -2.08. The Bertz CT molecular complexity index is 4400. The summed E-state index contributed by atoms with van der Waals surface area (Å²) in [7, 11) is 0. The van der Waals surface area contributed by atoms with Crippen LogP contribution in [0.3, 0.4) is 0 Å². The van der Waals surface area contributed by atoms with Crippen LogP contribution >= 0.6 is 11.3 Å². The third kappa shape index (κ3) is 5.08. The molecule has 0 aliphatic rings. The average Bonchev–Trinajstić information content (AvgIpc) is 4.12. The predicted octanol–water partition coefficient (Wildman–Crippen LogP) is 16.0. The molecule has 0 fully saturated rings. The zero-order valence-corrected chi connectivity index (χ0v) is 35.9. The smallest absolute Gasteiger partial charge is 0.238 e. The summed E-state index contributed by atoms with van der Waals surface area (Å²) in [6.07, 6.45) is 0. The van der Waals surface area contributed by atoms with Crippen molar-refractivity contribution in [1.29, 1.82) is 0 Å². The van der Waals surface area contributed by atoms with Crippen molar-refractivity contribution in [2.24, 2.45) is 0 Å². The van der Waals surface area contributed by atoms with Crippen LogP contribution in [0.1, 0.15) is 0 Å². The summed E-state index contributed by atoms with van der Waals surface area (Å²) >= 11 is 1.80. The molecule has 66 heavy (non-hydrogen) atoms. The third-order valence-corrected chi connectivity index (χ3v) is 14.7. The molecular formula is C59H33N5OS. The van der Waals surface area contributed by atoms with Gasteiger partial charge < -0.3 is 8.98 Å². The van der Waals surface area contributed by atoms with Crippen molar-refractivity contribution in [3.8, 4) is 34.4 Å². The number of rotatable bonds is 4. The number of benzene rings is 10. The highest BCUT2D eigenvalue weighted by molar-refractivity contribution is 7.25. The van der Waals surface area contributed by atoms with Crippen molar-refractivity contribution in [2.45, 2.75) is 0 Å². The van der Waals surface area contributed by atoms with E-state index in [0.29, 0.717) is 17.6 Å². The van der Waals surface area contributed by atoms with E-state index in [4.69, 9.17) is 19.4 Å². The number of aromatic nitrogens is 5. The Morgan fingerprint density at radius 2 is 0.924 bits per heavy atom. The monoisotopic (exact) mass is 859 g/mol. The van der Waals surface area contributed by atoms with Gasteiger partial charge in [-0.25, -0.2) is 4.98 Å². The molecule has 15 rings (SSSR count). The van der Waals surface area contributed by atoms with Crippen LogP contribution in [0.15, 0.2) is 205 Å². The largest absolute Gasteiger partial charge is 0.455 e. The van der Waals surface area contributed by atoms with Crippen LogP contribution in [0.4, 0.5) is 0 Å². The predicted molar refractivity (Wildman–Crippen MR) is 275 cm³/mol. The van der Waals surface area contributed by atoms with E-state index >= 15 is 0 Å². The lowest BCUT2D eigenvalue weighted by molar-refractivity contribution is 0.669. The van der Waals surface area contributed by atoms with Crippen LogP contribution in [-0.2, 0) is 0 Å². The minimum absolute atomic E-state index is 0.517. The second-order valence-corrected chi connectivity index (χ2v) is 18.2. The van der Waals surface area contributed by atoms with Gasteiger partial charge in [0.25, 0.3) is 0 Å². The fourth-order valence-electron chi connectivity index (χ4n) is 10.5. The number of furan rings is 1. The molecule has 306 valence electrons. The molecule has 0 aliphatic heterocycles. The first kappa shape index (κ1) is 35.8. The fraction of sp³-hybridized carbons (Fsp3) is 0. The van der Waals surface area contributed by atoms with E-state index in [1.165, 1.54) is 41.7 Å². The quantitative estimate of drug-likeness (QED) is 0.177. The maximum Gasteiger partial charge on any atom is 0.238 e. The van der Waals surface area contributed by atoms with Crippen LogP contribution in [0.5, 0.6) is 0 Å². The molecule has 5 aromatic heterocycles. The van der Waals surface area contributed by atoms with E-state index in [1.54, 1.807) is 11.3 Å². The summed E-state index contributed by atoms with van der Waals surface area (Å²) in [4.78, 5) is 16.6. The van der Waals surface area contributed by atoms with Crippen molar-refractivity contribution >= 4 is 119 Å². The highest BCUT2D eigenvalue weighted by atomic mass is 32.1. The normalized spacial score (nSPS) is 12.2. The highest BCUT2D eigenvalue weighted by Gasteiger charge is 2.26. The lowest BCUT2D eigenvalue weighted by Gasteiger charge is -2.16. The third-order valence-electron chi connectivity index (χ3n) is 13.5. The molecule has 0 unspecified atom stereocenters. The molecule has 0 N–H and O–H groups in total. The van der Waals surface area contributed by atoms with E-state index in [1.807, 2.05) is 12.1 Å². The highest BCUT2D eigenvalue weighted by Crippen LogP contribution is 2.45. The molecule has 0 amide bonds. The molecule has 15 aromatic rings. The summed E-state index contributed by atoms with van der Waals surface area (Å²) in [6, 6.07) is 71.5. The van der Waals surface area contributed by atoms with Gasteiger partial charge in [-0.3, -0.25) is 4.57 Å². The number of para-hydroxylation sites is 3. The number of fused-ring (bicyclic) bond motifs is 14. The molecule has 0 radical (unpaired) electrons. The molecule has 6 nitrogen and oxygen atoms in total. The molecule has 5 heterocycles. The molecule has 0 aliphatic carbocycles. The van der Waals surface area contributed by atoms with Crippen LogP contribution in [-0.4, -0.2) is 24.1 Å². The van der Waals surface area contributed by atoms with Gasteiger partial charge >= 0.3 is 0 Å². The van der Waals surface area contributed by atoms with Crippen LogP contribution in [0.25, 0.3) is 142 Å².